The Morgan fingerprint density at radius 2 is 2.00 bits per heavy atom. The number of ketones is 1. The van der Waals surface area contributed by atoms with Gasteiger partial charge in [-0.1, -0.05) is 37.3 Å². The van der Waals surface area contributed by atoms with E-state index < -0.39 is 0 Å². The largest absolute Gasteiger partial charge is 0.352 e. The van der Waals surface area contributed by atoms with Gasteiger partial charge in [0.1, 0.15) is 0 Å². The third-order valence-corrected chi connectivity index (χ3v) is 7.03. The number of nitrogens with one attached hydrogen (secondary N) is 1. The molecule has 162 valence electrons. The second-order valence-corrected chi connectivity index (χ2v) is 9.24. The highest BCUT2D eigenvalue weighted by molar-refractivity contribution is 9.10. The first kappa shape index (κ1) is 22.0. The van der Waals surface area contributed by atoms with Gasteiger partial charge < -0.3 is 5.32 Å². The van der Waals surface area contributed by atoms with E-state index in [-0.39, 0.29) is 11.7 Å². The van der Waals surface area contributed by atoms with Crippen LogP contribution in [-0.2, 0) is 12.8 Å². The van der Waals surface area contributed by atoms with Crippen LogP contribution in [0.4, 0.5) is 0 Å². The SMILES string of the molecule is CCCN(CCCNC(=O)c1ccccc1Br)C1CCc2c(ccc3c2C(=O)C=C3)C1. The van der Waals surface area contributed by atoms with Crippen molar-refractivity contribution in [3.63, 3.8) is 0 Å². The molecule has 0 aromatic heterocycles. The van der Waals surface area contributed by atoms with Crippen molar-refractivity contribution in [2.24, 2.45) is 0 Å². The number of hydrogen-bond donors (Lipinski definition) is 1. The van der Waals surface area contributed by atoms with Crippen LogP contribution in [0.3, 0.4) is 0 Å². The molecule has 2 aliphatic rings. The Morgan fingerprint density at radius 3 is 2.81 bits per heavy atom. The van der Waals surface area contributed by atoms with Gasteiger partial charge in [-0.25, -0.2) is 0 Å². The van der Waals surface area contributed by atoms with Crippen molar-refractivity contribution in [3.8, 4) is 0 Å². The molecule has 2 aromatic rings. The zero-order valence-corrected chi connectivity index (χ0v) is 19.6. The maximum absolute atomic E-state index is 12.4. The van der Waals surface area contributed by atoms with Crippen molar-refractivity contribution in [2.75, 3.05) is 19.6 Å². The zero-order chi connectivity index (χ0) is 21.8. The highest BCUT2D eigenvalue weighted by atomic mass is 79.9. The summed E-state index contributed by atoms with van der Waals surface area (Å²) in [6.45, 7) is 4.91. The summed E-state index contributed by atoms with van der Waals surface area (Å²) in [5.41, 5.74) is 5.28. The minimum Gasteiger partial charge on any atom is -0.352 e. The van der Waals surface area contributed by atoms with E-state index >= 15 is 0 Å². The highest BCUT2D eigenvalue weighted by Gasteiger charge is 2.28. The average Bonchev–Trinajstić information content (AvgIpc) is 3.17. The number of carbonyl (C=O) groups is 2. The van der Waals surface area contributed by atoms with Gasteiger partial charge in [0.05, 0.1) is 5.56 Å². The van der Waals surface area contributed by atoms with Gasteiger partial charge in [0.15, 0.2) is 5.78 Å². The van der Waals surface area contributed by atoms with E-state index in [4.69, 9.17) is 0 Å². The monoisotopic (exact) mass is 480 g/mol. The fourth-order valence-corrected chi connectivity index (χ4v) is 5.30. The van der Waals surface area contributed by atoms with Crippen LogP contribution < -0.4 is 5.32 Å². The first-order chi connectivity index (χ1) is 15.1. The van der Waals surface area contributed by atoms with Crippen molar-refractivity contribution >= 4 is 33.7 Å². The van der Waals surface area contributed by atoms with Crippen molar-refractivity contribution in [1.82, 2.24) is 10.2 Å². The third-order valence-electron chi connectivity index (χ3n) is 6.34. The van der Waals surface area contributed by atoms with Gasteiger partial charge in [-0.15, -0.1) is 0 Å². The molecule has 1 unspecified atom stereocenters. The molecule has 0 heterocycles. The maximum atomic E-state index is 12.4. The molecule has 5 heteroatoms. The zero-order valence-electron chi connectivity index (χ0n) is 18.0. The summed E-state index contributed by atoms with van der Waals surface area (Å²) in [5.74, 6) is 0.129. The molecule has 2 aliphatic carbocycles. The fourth-order valence-electron chi connectivity index (χ4n) is 4.83. The molecule has 1 atom stereocenters. The molecule has 0 saturated carbocycles. The minimum absolute atomic E-state index is 0.0340. The van der Waals surface area contributed by atoms with E-state index in [1.54, 1.807) is 6.08 Å². The van der Waals surface area contributed by atoms with Gasteiger partial charge in [-0.05, 0) is 89.5 Å². The molecule has 0 aliphatic heterocycles. The highest BCUT2D eigenvalue weighted by Crippen LogP contribution is 2.32. The van der Waals surface area contributed by atoms with Crippen LogP contribution in [0.15, 0.2) is 46.9 Å². The van der Waals surface area contributed by atoms with Crippen LogP contribution in [0.5, 0.6) is 0 Å². The number of rotatable bonds is 8. The Labute approximate surface area is 192 Å². The van der Waals surface area contributed by atoms with Crippen LogP contribution >= 0.6 is 15.9 Å². The first-order valence-electron chi connectivity index (χ1n) is 11.2. The molecule has 4 nitrogen and oxygen atoms in total. The summed E-state index contributed by atoms with van der Waals surface area (Å²) in [6.07, 6.45) is 8.72. The number of carbonyl (C=O) groups excluding carboxylic acids is 2. The number of nitrogens with zero attached hydrogens (tertiary/aromatic N) is 1. The molecule has 1 amide bonds. The van der Waals surface area contributed by atoms with Crippen LogP contribution in [0.25, 0.3) is 6.08 Å². The smallest absolute Gasteiger partial charge is 0.252 e. The van der Waals surface area contributed by atoms with Crippen molar-refractivity contribution < 1.29 is 9.59 Å². The lowest BCUT2D eigenvalue weighted by molar-refractivity contribution is 0.0948. The van der Waals surface area contributed by atoms with Crippen LogP contribution in [0.2, 0.25) is 0 Å². The van der Waals surface area contributed by atoms with Gasteiger partial charge in [0.25, 0.3) is 5.91 Å². The molecule has 1 N–H and O–H groups in total. The van der Waals surface area contributed by atoms with Gasteiger partial charge >= 0.3 is 0 Å². The Balaban J connectivity index is 1.33. The number of hydrogen-bond acceptors (Lipinski definition) is 3. The Hall–Kier alpha value is -2.24. The standard InChI is InChI=1S/C26H29BrN2O2/c1-2-15-29(16-5-14-28-26(31)22-6-3-4-7-23(22)27)20-11-12-21-19(17-20)9-8-18-10-13-24(30)25(18)21/h3-4,6-10,13,20H,2,5,11-12,14-17H2,1H3,(H,28,31). The number of benzene rings is 2. The molecule has 0 spiro atoms. The summed E-state index contributed by atoms with van der Waals surface area (Å²) in [5, 5.41) is 3.05. The molecular formula is C26H29BrN2O2. The molecular weight excluding hydrogens is 452 g/mol. The lowest BCUT2D eigenvalue weighted by atomic mass is 9.83. The molecule has 31 heavy (non-hydrogen) atoms. The second kappa shape index (κ2) is 9.92. The number of fused-ring (bicyclic) bond motifs is 3. The van der Waals surface area contributed by atoms with Gasteiger partial charge in [-0.3, -0.25) is 14.5 Å². The quantitative estimate of drug-likeness (QED) is 0.537. The molecule has 0 radical (unpaired) electrons. The van der Waals surface area contributed by atoms with E-state index in [2.05, 4.69) is 45.2 Å². The molecule has 0 fully saturated rings. The topological polar surface area (TPSA) is 49.4 Å². The summed E-state index contributed by atoms with van der Waals surface area (Å²) in [4.78, 5) is 27.3. The van der Waals surface area contributed by atoms with E-state index in [9.17, 15) is 9.59 Å². The predicted molar refractivity (Wildman–Crippen MR) is 129 cm³/mol. The number of allylic oxidation sites excluding steroid dienone is 1. The molecule has 0 saturated heterocycles. The van der Waals surface area contributed by atoms with Crippen LogP contribution in [0, 0.1) is 0 Å². The second-order valence-electron chi connectivity index (χ2n) is 8.39. The first-order valence-corrected chi connectivity index (χ1v) is 12.0. The fraction of sp³-hybridized carbons (Fsp3) is 0.385. The van der Waals surface area contributed by atoms with Gasteiger partial charge in [-0.2, -0.15) is 0 Å². The number of amides is 1. The predicted octanol–water partition coefficient (Wildman–Crippen LogP) is 5.05. The summed E-state index contributed by atoms with van der Waals surface area (Å²) in [7, 11) is 0. The summed E-state index contributed by atoms with van der Waals surface area (Å²) in [6, 6.07) is 12.3. The lowest BCUT2D eigenvalue weighted by Crippen LogP contribution is -2.41. The van der Waals surface area contributed by atoms with Crippen molar-refractivity contribution in [1.29, 1.82) is 0 Å². The molecule has 2 aromatic carbocycles. The third kappa shape index (κ3) is 4.83. The summed E-state index contributed by atoms with van der Waals surface area (Å²) >= 11 is 3.44. The maximum Gasteiger partial charge on any atom is 0.252 e. The van der Waals surface area contributed by atoms with Gasteiger partial charge in [0, 0.05) is 29.2 Å². The van der Waals surface area contributed by atoms with Crippen molar-refractivity contribution in [2.45, 2.75) is 45.1 Å². The van der Waals surface area contributed by atoms with E-state index in [0.29, 0.717) is 18.2 Å². The number of halogens is 1. The minimum atomic E-state index is -0.0340. The van der Waals surface area contributed by atoms with E-state index in [1.807, 2.05) is 30.3 Å². The molecule has 0 bridgehead atoms. The van der Waals surface area contributed by atoms with Crippen LogP contribution in [0.1, 0.15) is 63.6 Å². The Bertz CT molecular complexity index is 1010. The summed E-state index contributed by atoms with van der Waals surface area (Å²) < 4.78 is 0.821. The Morgan fingerprint density at radius 1 is 1.16 bits per heavy atom. The lowest BCUT2D eigenvalue weighted by Gasteiger charge is -2.35. The Kier molecular flexibility index (Phi) is 7.03. The molecule has 4 rings (SSSR count). The average molecular weight is 481 g/mol. The van der Waals surface area contributed by atoms with E-state index in [0.717, 1.165) is 60.8 Å². The van der Waals surface area contributed by atoms with Gasteiger partial charge in [0.2, 0.25) is 0 Å². The van der Waals surface area contributed by atoms with Crippen molar-refractivity contribution in [3.05, 3.63) is 74.8 Å². The van der Waals surface area contributed by atoms with Crippen LogP contribution in [-0.4, -0.2) is 42.3 Å². The normalized spacial score (nSPS) is 17.0. The van der Waals surface area contributed by atoms with E-state index in [1.165, 1.54) is 11.1 Å².